The Morgan fingerprint density at radius 3 is 1.24 bits per heavy atom. The van der Waals surface area contributed by atoms with Crippen LogP contribution in [0.4, 0.5) is 0 Å². The van der Waals surface area contributed by atoms with Crippen molar-refractivity contribution in [2.24, 2.45) is 0 Å². The number of hydrogen-bond donors (Lipinski definition) is 3. The Morgan fingerprint density at radius 2 is 0.745 bits per heavy atom. The second kappa shape index (κ2) is 40.8. The summed E-state index contributed by atoms with van der Waals surface area (Å²) in [6, 6.07) is 0. The van der Waals surface area contributed by atoms with E-state index in [-0.39, 0.29) is 88.7 Å². The van der Waals surface area contributed by atoms with Gasteiger partial charge in [-0.25, -0.2) is 0 Å². The quantitative estimate of drug-likeness (QED) is 0.0748. The van der Waals surface area contributed by atoms with Crippen LogP contribution in [0.1, 0.15) is 84.5 Å². The molecule has 0 saturated heterocycles. The minimum Gasteiger partial charge on any atom is -0.379 e. The van der Waals surface area contributed by atoms with Crippen LogP contribution in [-0.2, 0) is 66.7 Å². The molecule has 0 aliphatic carbocycles. The first kappa shape index (κ1) is 52.1. The van der Waals surface area contributed by atoms with Crippen LogP contribution in [-0.4, -0.2) is 160 Å². The number of ketones is 3. The molecule has 320 valence electrons. The number of rotatable bonds is 43. The molecule has 0 heterocycles. The third-order valence-electron chi connectivity index (χ3n) is 7.48. The van der Waals surface area contributed by atoms with Gasteiger partial charge in [-0.15, -0.1) is 0 Å². The van der Waals surface area contributed by atoms with Gasteiger partial charge in [0.2, 0.25) is 17.7 Å². The zero-order chi connectivity index (χ0) is 40.5. The van der Waals surface area contributed by atoms with Gasteiger partial charge in [0.15, 0.2) is 11.6 Å². The molecule has 0 bridgehead atoms. The summed E-state index contributed by atoms with van der Waals surface area (Å²) in [5.74, 6) is -0.287. The van der Waals surface area contributed by atoms with Crippen LogP contribution in [0.5, 0.6) is 0 Å². The lowest BCUT2D eigenvalue weighted by Gasteiger charge is -2.09. The fourth-order valence-corrected chi connectivity index (χ4v) is 4.52. The molecule has 0 spiro atoms. The number of ether oxygens (including phenoxy) is 8. The summed E-state index contributed by atoms with van der Waals surface area (Å²) in [6.45, 7) is 7.93. The smallest absolute Gasteiger partial charge is 0.246 e. The lowest BCUT2D eigenvalue weighted by Crippen LogP contribution is -2.32. The Balaban J connectivity index is 3.37. The van der Waals surface area contributed by atoms with E-state index >= 15 is 0 Å². The first-order valence-corrected chi connectivity index (χ1v) is 19.7. The fourth-order valence-electron chi connectivity index (χ4n) is 4.52. The van der Waals surface area contributed by atoms with Gasteiger partial charge in [0.25, 0.3) is 0 Å². The molecule has 17 heteroatoms. The maximum Gasteiger partial charge on any atom is 0.246 e. The molecule has 0 fully saturated rings. The summed E-state index contributed by atoms with van der Waals surface area (Å²) < 4.78 is 42.5. The number of unbranched alkanes of at least 4 members (excludes halogenated alkanes) is 5. The summed E-state index contributed by atoms with van der Waals surface area (Å²) in [6.07, 6.45) is 8.80. The summed E-state index contributed by atoms with van der Waals surface area (Å²) in [7, 11) is 0. The zero-order valence-corrected chi connectivity index (χ0v) is 33.4. The first-order valence-electron chi connectivity index (χ1n) is 19.7. The number of carbonyl (C=O) groups is 6. The lowest BCUT2D eigenvalue weighted by molar-refractivity contribution is -0.127. The second-order valence-electron chi connectivity index (χ2n) is 12.6. The Kier molecular flexibility index (Phi) is 38.6. The molecular formula is C38H69N3O14. The maximum atomic E-state index is 11.9. The fraction of sp³-hybridized carbons (Fsp3) is 0.842. The summed E-state index contributed by atoms with van der Waals surface area (Å²) in [4.78, 5) is 69.4. The normalized spacial score (nSPS) is 11.0. The Labute approximate surface area is 327 Å². The third kappa shape index (κ3) is 42.1. The van der Waals surface area contributed by atoms with Crippen LogP contribution >= 0.6 is 0 Å². The van der Waals surface area contributed by atoms with E-state index in [1.165, 1.54) is 6.92 Å². The standard InChI is InChI=1S/C38H69N3O14/c1-3-34(43)11-8-6-4-5-7-9-13-36(45)39-14-18-49-23-27-54-31-38(47)41-16-20-51-24-28-55-32-37(46)40-15-19-50-22-26-53-30-35(44)12-10-17-48-21-25-52-29-33(2)42/h3-32H2,1-2H3,(H,39,45)(H,40,46)(H,41,47). The molecule has 3 amide bonds. The zero-order valence-electron chi connectivity index (χ0n) is 33.4. The van der Waals surface area contributed by atoms with Crippen molar-refractivity contribution in [3.05, 3.63) is 0 Å². The number of nitrogens with one attached hydrogen (secondary N) is 3. The highest BCUT2D eigenvalue weighted by Gasteiger charge is 2.06. The van der Waals surface area contributed by atoms with Crippen molar-refractivity contribution in [3.63, 3.8) is 0 Å². The van der Waals surface area contributed by atoms with Gasteiger partial charge in [-0.1, -0.05) is 32.6 Å². The molecule has 3 N–H and O–H groups in total. The summed E-state index contributed by atoms with van der Waals surface area (Å²) >= 11 is 0. The largest absolute Gasteiger partial charge is 0.379 e. The lowest BCUT2D eigenvalue weighted by atomic mass is 10.1. The van der Waals surface area contributed by atoms with Gasteiger partial charge in [0, 0.05) is 51.9 Å². The topological polar surface area (TPSA) is 212 Å². The van der Waals surface area contributed by atoms with E-state index < -0.39 is 0 Å². The predicted molar refractivity (Wildman–Crippen MR) is 203 cm³/mol. The summed E-state index contributed by atoms with van der Waals surface area (Å²) in [5, 5.41) is 8.18. The van der Waals surface area contributed by atoms with Crippen molar-refractivity contribution in [1.29, 1.82) is 0 Å². The number of hydrogen-bond acceptors (Lipinski definition) is 14. The molecule has 0 rings (SSSR count). The Bertz CT molecular complexity index is 1000. The molecule has 0 saturated carbocycles. The van der Waals surface area contributed by atoms with E-state index in [0.29, 0.717) is 104 Å². The van der Waals surface area contributed by atoms with Crippen molar-refractivity contribution < 1.29 is 66.7 Å². The molecule has 55 heavy (non-hydrogen) atoms. The minimum absolute atomic E-state index is 0.00331. The predicted octanol–water partition coefficient (Wildman–Crippen LogP) is 1.51. The van der Waals surface area contributed by atoms with Crippen molar-refractivity contribution in [2.75, 3.05) is 125 Å². The Morgan fingerprint density at radius 1 is 0.364 bits per heavy atom. The molecule has 0 aromatic carbocycles. The van der Waals surface area contributed by atoms with Crippen LogP contribution in [0.3, 0.4) is 0 Å². The highest BCUT2D eigenvalue weighted by Crippen LogP contribution is 2.09. The molecule has 0 aliphatic heterocycles. The second-order valence-corrected chi connectivity index (χ2v) is 12.6. The SMILES string of the molecule is CCC(=O)CCCCCCCCC(=O)NCCOCCOCC(=O)NCCOCCOCC(=O)NCCOCCOCC(=O)CCCOCCOCC(C)=O. The molecule has 0 aliphatic rings. The maximum absolute atomic E-state index is 11.9. The van der Waals surface area contributed by atoms with Gasteiger partial charge in [-0.3, -0.25) is 28.8 Å². The van der Waals surface area contributed by atoms with Gasteiger partial charge >= 0.3 is 0 Å². The number of Topliss-reactive ketones (excluding diaryl/α,β-unsaturated/α-hetero) is 3. The van der Waals surface area contributed by atoms with Gasteiger partial charge in [-0.05, 0) is 26.2 Å². The monoisotopic (exact) mass is 791 g/mol. The van der Waals surface area contributed by atoms with Crippen LogP contribution in [0, 0.1) is 0 Å². The van der Waals surface area contributed by atoms with Gasteiger partial charge < -0.3 is 53.8 Å². The molecule has 0 unspecified atom stereocenters. The van der Waals surface area contributed by atoms with E-state index in [1.54, 1.807) is 0 Å². The first-order chi connectivity index (χ1) is 26.7. The van der Waals surface area contributed by atoms with Crippen molar-refractivity contribution in [3.8, 4) is 0 Å². The van der Waals surface area contributed by atoms with Crippen LogP contribution in [0.15, 0.2) is 0 Å². The van der Waals surface area contributed by atoms with E-state index in [9.17, 15) is 28.8 Å². The van der Waals surface area contributed by atoms with Crippen LogP contribution in [0.25, 0.3) is 0 Å². The van der Waals surface area contributed by atoms with Gasteiger partial charge in [0.1, 0.15) is 32.2 Å². The van der Waals surface area contributed by atoms with Crippen molar-refractivity contribution in [1.82, 2.24) is 16.0 Å². The van der Waals surface area contributed by atoms with E-state index in [1.807, 2.05) is 6.92 Å². The highest BCUT2D eigenvalue weighted by atomic mass is 16.5. The minimum atomic E-state index is -0.287. The van der Waals surface area contributed by atoms with Crippen LogP contribution in [0.2, 0.25) is 0 Å². The number of carbonyl (C=O) groups excluding carboxylic acids is 6. The average Bonchev–Trinajstić information content (AvgIpc) is 3.16. The summed E-state index contributed by atoms with van der Waals surface area (Å²) in [5.41, 5.74) is 0. The molecular weight excluding hydrogens is 722 g/mol. The van der Waals surface area contributed by atoms with E-state index in [4.69, 9.17) is 37.9 Å². The van der Waals surface area contributed by atoms with E-state index in [0.717, 1.165) is 38.5 Å². The van der Waals surface area contributed by atoms with Crippen molar-refractivity contribution in [2.45, 2.75) is 84.5 Å². The highest BCUT2D eigenvalue weighted by molar-refractivity contribution is 5.79. The number of amides is 3. The Hall–Kier alpha value is -2.90. The molecule has 0 aromatic rings. The molecule has 17 nitrogen and oxygen atoms in total. The molecule has 0 aromatic heterocycles. The third-order valence-corrected chi connectivity index (χ3v) is 7.48. The van der Waals surface area contributed by atoms with Gasteiger partial charge in [-0.2, -0.15) is 0 Å². The molecule has 0 atom stereocenters. The van der Waals surface area contributed by atoms with Gasteiger partial charge in [0.05, 0.1) is 72.7 Å². The van der Waals surface area contributed by atoms with E-state index in [2.05, 4.69) is 16.0 Å². The average molecular weight is 792 g/mol. The molecule has 0 radical (unpaired) electrons. The van der Waals surface area contributed by atoms with Crippen LogP contribution < -0.4 is 16.0 Å². The van der Waals surface area contributed by atoms with Crippen molar-refractivity contribution >= 4 is 35.1 Å².